The lowest BCUT2D eigenvalue weighted by molar-refractivity contribution is -0.106. The molecule has 21 heavy (non-hydrogen) atoms. The van der Waals surface area contributed by atoms with Gasteiger partial charge >= 0.3 is 0 Å². The van der Waals surface area contributed by atoms with Crippen LogP contribution in [0.5, 0.6) is 11.5 Å². The quantitative estimate of drug-likeness (QED) is 0.842. The van der Waals surface area contributed by atoms with E-state index in [1.165, 1.54) is 0 Å². The molecule has 1 aliphatic heterocycles. The van der Waals surface area contributed by atoms with E-state index in [0.717, 1.165) is 31.4 Å². The highest BCUT2D eigenvalue weighted by Gasteiger charge is 2.19. The standard InChI is InChI=1S/C17H24O4/c1-12(2)10-15(18)14-11-13(19-3)7-8-16(14)21-17-6-4-5-9-20-17/h7-8,10-11,15,17-18H,4-6,9H2,1-3H3. The van der Waals surface area contributed by atoms with Crippen molar-refractivity contribution < 1.29 is 19.3 Å². The van der Waals surface area contributed by atoms with Crippen molar-refractivity contribution in [2.45, 2.75) is 45.5 Å². The molecule has 1 heterocycles. The Balaban J connectivity index is 2.23. The molecule has 0 spiro atoms. The summed E-state index contributed by atoms with van der Waals surface area (Å²) in [5.41, 5.74) is 1.75. The van der Waals surface area contributed by atoms with E-state index >= 15 is 0 Å². The Kier molecular flexibility index (Phi) is 5.65. The van der Waals surface area contributed by atoms with E-state index in [1.54, 1.807) is 13.2 Å². The topological polar surface area (TPSA) is 47.9 Å². The molecule has 0 saturated carbocycles. The second-order valence-electron chi connectivity index (χ2n) is 5.51. The van der Waals surface area contributed by atoms with Crippen LogP contribution in [0, 0.1) is 0 Å². The van der Waals surface area contributed by atoms with Crippen molar-refractivity contribution in [2.75, 3.05) is 13.7 Å². The molecule has 1 saturated heterocycles. The van der Waals surface area contributed by atoms with E-state index in [-0.39, 0.29) is 6.29 Å². The van der Waals surface area contributed by atoms with Crippen LogP contribution in [0.2, 0.25) is 0 Å². The van der Waals surface area contributed by atoms with Gasteiger partial charge in [0.1, 0.15) is 17.6 Å². The van der Waals surface area contributed by atoms with Gasteiger partial charge in [-0.3, -0.25) is 0 Å². The largest absolute Gasteiger partial charge is 0.497 e. The summed E-state index contributed by atoms with van der Waals surface area (Å²) in [6.45, 7) is 4.63. The number of benzene rings is 1. The molecule has 0 bridgehead atoms. The molecule has 0 aliphatic carbocycles. The Labute approximate surface area is 126 Å². The highest BCUT2D eigenvalue weighted by molar-refractivity contribution is 5.43. The summed E-state index contributed by atoms with van der Waals surface area (Å²) in [5, 5.41) is 10.4. The second kappa shape index (κ2) is 7.48. The first kappa shape index (κ1) is 15.9. The highest BCUT2D eigenvalue weighted by Crippen LogP contribution is 2.32. The van der Waals surface area contributed by atoms with Crippen molar-refractivity contribution in [3.63, 3.8) is 0 Å². The molecule has 2 rings (SSSR count). The van der Waals surface area contributed by atoms with E-state index in [2.05, 4.69) is 0 Å². The van der Waals surface area contributed by atoms with Crippen molar-refractivity contribution >= 4 is 0 Å². The van der Waals surface area contributed by atoms with E-state index in [9.17, 15) is 5.11 Å². The van der Waals surface area contributed by atoms with Gasteiger partial charge in [-0.1, -0.05) is 11.6 Å². The molecule has 0 radical (unpaired) electrons. The average molecular weight is 292 g/mol. The molecule has 4 heteroatoms. The normalized spacial score (nSPS) is 19.7. The fourth-order valence-corrected chi connectivity index (χ4v) is 2.34. The highest BCUT2D eigenvalue weighted by atomic mass is 16.7. The fraction of sp³-hybridized carbons (Fsp3) is 0.529. The first-order chi connectivity index (χ1) is 10.1. The third kappa shape index (κ3) is 4.48. The number of rotatable bonds is 5. The minimum Gasteiger partial charge on any atom is -0.497 e. The maximum Gasteiger partial charge on any atom is 0.199 e. The number of aliphatic hydroxyl groups is 1. The number of aliphatic hydroxyl groups excluding tert-OH is 1. The fourth-order valence-electron chi connectivity index (χ4n) is 2.34. The van der Waals surface area contributed by atoms with Crippen LogP contribution in [0.4, 0.5) is 0 Å². The van der Waals surface area contributed by atoms with Gasteiger partial charge < -0.3 is 19.3 Å². The third-order valence-electron chi connectivity index (χ3n) is 3.42. The van der Waals surface area contributed by atoms with Gasteiger partial charge in [-0.15, -0.1) is 0 Å². The molecule has 1 N–H and O–H groups in total. The smallest absolute Gasteiger partial charge is 0.199 e. The van der Waals surface area contributed by atoms with Gasteiger partial charge in [-0.2, -0.15) is 0 Å². The first-order valence-corrected chi connectivity index (χ1v) is 7.39. The van der Waals surface area contributed by atoms with Gasteiger partial charge in [0, 0.05) is 12.0 Å². The Morgan fingerprint density at radius 3 is 2.81 bits per heavy atom. The lowest BCUT2D eigenvalue weighted by Crippen LogP contribution is -2.25. The molecule has 1 aromatic carbocycles. The lowest BCUT2D eigenvalue weighted by atomic mass is 10.1. The van der Waals surface area contributed by atoms with Crippen molar-refractivity contribution in [3.05, 3.63) is 35.4 Å². The summed E-state index contributed by atoms with van der Waals surface area (Å²) in [5.74, 6) is 1.34. The van der Waals surface area contributed by atoms with Crippen molar-refractivity contribution in [3.8, 4) is 11.5 Å². The number of ether oxygens (including phenoxy) is 3. The van der Waals surface area contributed by atoms with E-state index in [1.807, 2.05) is 32.0 Å². The molecule has 1 aliphatic rings. The maximum atomic E-state index is 10.4. The van der Waals surface area contributed by atoms with Crippen LogP contribution < -0.4 is 9.47 Å². The summed E-state index contributed by atoms with van der Waals surface area (Å²) < 4.78 is 16.8. The molecular formula is C17H24O4. The minimum absolute atomic E-state index is 0.232. The Morgan fingerprint density at radius 1 is 1.38 bits per heavy atom. The first-order valence-electron chi connectivity index (χ1n) is 7.39. The molecule has 4 nitrogen and oxygen atoms in total. The summed E-state index contributed by atoms with van der Waals surface area (Å²) >= 11 is 0. The number of hydrogen-bond acceptors (Lipinski definition) is 4. The average Bonchev–Trinajstić information content (AvgIpc) is 2.48. The van der Waals surface area contributed by atoms with Crippen LogP contribution in [0.1, 0.15) is 44.8 Å². The summed E-state index contributed by atoms with van der Waals surface area (Å²) in [4.78, 5) is 0. The SMILES string of the molecule is COc1ccc(OC2CCCCO2)c(C(O)C=C(C)C)c1. The Bertz CT molecular complexity index is 486. The third-order valence-corrected chi connectivity index (χ3v) is 3.42. The van der Waals surface area contributed by atoms with E-state index in [4.69, 9.17) is 14.2 Å². The predicted octanol–water partition coefficient (Wildman–Crippen LogP) is 3.60. The Morgan fingerprint density at radius 2 is 2.19 bits per heavy atom. The van der Waals surface area contributed by atoms with Gasteiger partial charge in [-0.25, -0.2) is 0 Å². The van der Waals surface area contributed by atoms with Gasteiger partial charge in [-0.05, 0) is 44.9 Å². The molecular weight excluding hydrogens is 268 g/mol. The lowest BCUT2D eigenvalue weighted by Gasteiger charge is -2.25. The summed E-state index contributed by atoms with van der Waals surface area (Å²) in [7, 11) is 1.61. The molecule has 1 fully saturated rings. The molecule has 2 unspecified atom stereocenters. The molecule has 0 aromatic heterocycles. The maximum absolute atomic E-state index is 10.4. The molecule has 0 amide bonds. The van der Waals surface area contributed by atoms with Crippen molar-refractivity contribution in [2.24, 2.45) is 0 Å². The van der Waals surface area contributed by atoms with Gasteiger partial charge in [0.25, 0.3) is 0 Å². The van der Waals surface area contributed by atoms with Crippen LogP contribution >= 0.6 is 0 Å². The Hall–Kier alpha value is -1.52. The van der Waals surface area contributed by atoms with Crippen LogP contribution in [0.25, 0.3) is 0 Å². The zero-order valence-corrected chi connectivity index (χ0v) is 13.0. The van der Waals surface area contributed by atoms with Crippen LogP contribution in [-0.2, 0) is 4.74 Å². The predicted molar refractivity (Wildman–Crippen MR) is 81.6 cm³/mol. The number of methoxy groups -OCH3 is 1. The monoisotopic (exact) mass is 292 g/mol. The molecule has 116 valence electrons. The summed E-state index contributed by atoms with van der Waals surface area (Å²) in [6.07, 6.45) is 3.91. The number of hydrogen-bond donors (Lipinski definition) is 1. The van der Waals surface area contributed by atoms with E-state index in [0.29, 0.717) is 17.1 Å². The minimum atomic E-state index is -0.719. The summed E-state index contributed by atoms with van der Waals surface area (Å²) in [6, 6.07) is 5.47. The van der Waals surface area contributed by atoms with Crippen molar-refractivity contribution in [1.29, 1.82) is 0 Å². The van der Waals surface area contributed by atoms with E-state index < -0.39 is 6.10 Å². The van der Waals surface area contributed by atoms with Crippen LogP contribution in [-0.4, -0.2) is 25.1 Å². The zero-order chi connectivity index (χ0) is 15.2. The van der Waals surface area contributed by atoms with Crippen LogP contribution in [0.15, 0.2) is 29.8 Å². The van der Waals surface area contributed by atoms with Crippen molar-refractivity contribution in [1.82, 2.24) is 0 Å². The zero-order valence-electron chi connectivity index (χ0n) is 13.0. The molecule has 1 aromatic rings. The number of allylic oxidation sites excluding steroid dienone is 1. The van der Waals surface area contributed by atoms with Gasteiger partial charge in [0.05, 0.1) is 13.7 Å². The molecule has 2 atom stereocenters. The second-order valence-corrected chi connectivity index (χ2v) is 5.51. The van der Waals surface area contributed by atoms with Gasteiger partial charge in [0.2, 0.25) is 0 Å². The van der Waals surface area contributed by atoms with Gasteiger partial charge in [0.15, 0.2) is 6.29 Å². The van der Waals surface area contributed by atoms with Crippen LogP contribution in [0.3, 0.4) is 0 Å².